The van der Waals surface area contributed by atoms with E-state index in [0.29, 0.717) is 29.5 Å². The molecule has 0 aromatic heterocycles. The molecule has 1 aromatic carbocycles. The molecule has 21 heavy (non-hydrogen) atoms. The van der Waals surface area contributed by atoms with Crippen molar-refractivity contribution in [3.05, 3.63) is 23.2 Å². The van der Waals surface area contributed by atoms with Crippen LogP contribution in [0.3, 0.4) is 0 Å². The van der Waals surface area contributed by atoms with Crippen LogP contribution in [-0.4, -0.2) is 43.0 Å². The summed E-state index contributed by atoms with van der Waals surface area (Å²) >= 11 is 6.03. The van der Waals surface area contributed by atoms with Gasteiger partial charge < -0.3 is 25.6 Å². The highest BCUT2D eigenvalue weighted by atomic mass is 35.5. The van der Waals surface area contributed by atoms with Crippen LogP contribution in [0.25, 0.3) is 0 Å². The smallest absolute Gasteiger partial charge is 0.193 e. The van der Waals surface area contributed by atoms with Crippen molar-refractivity contribution in [3.8, 4) is 5.75 Å². The molecule has 0 saturated carbocycles. The summed E-state index contributed by atoms with van der Waals surface area (Å²) in [5.41, 5.74) is 5.57. The molecule has 0 radical (unpaired) electrons. The predicted octanol–water partition coefficient (Wildman–Crippen LogP) is 1.62. The minimum absolute atomic E-state index is 0.191. The number of nitrogens with one attached hydrogen (secondary N) is 1. The zero-order chi connectivity index (χ0) is 15.5. The molecule has 0 amide bonds. The fraction of sp³-hybridized carbons (Fsp3) is 0.500. The van der Waals surface area contributed by atoms with E-state index in [0.717, 1.165) is 0 Å². The Kier molecular flexibility index (Phi) is 4.92. The molecule has 116 valence electrons. The van der Waals surface area contributed by atoms with Crippen molar-refractivity contribution in [2.24, 2.45) is 10.7 Å². The van der Waals surface area contributed by atoms with E-state index in [1.165, 1.54) is 0 Å². The van der Waals surface area contributed by atoms with E-state index in [1.54, 1.807) is 25.3 Å². The number of guanidine groups is 1. The number of aliphatic hydroxyl groups is 1. The predicted molar refractivity (Wildman–Crippen MR) is 83.1 cm³/mol. The lowest BCUT2D eigenvalue weighted by atomic mass is 9.97. The number of methoxy groups -OCH3 is 1. The minimum Gasteiger partial charge on any atom is -0.495 e. The number of hydrogen-bond donors (Lipinski definition) is 3. The molecule has 2 atom stereocenters. The van der Waals surface area contributed by atoms with Gasteiger partial charge in [-0.15, -0.1) is 0 Å². The molecule has 2 rings (SSSR count). The molecular weight excluding hydrogens is 294 g/mol. The van der Waals surface area contributed by atoms with Crippen molar-refractivity contribution in [2.45, 2.75) is 25.0 Å². The Balaban J connectivity index is 1.99. The molecular formula is C14H20ClN3O3. The molecule has 1 fully saturated rings. The van der Waals surface area contributed by atoms with E-state index in [1.807, 2.05) is 6.92 Å². The number of aliphatic imine (C=N–C) groups is 1. The van der Waals surface area contributed by atoms with Gasteiger partial charge in [0, 0.05) is 18.7 Å². The molecule has 1 heterocycles. The van der Waals surface area contributed by atoms with Crippen LogP contribution < -0.4 is 15.8 Å². The summed E-state index contributed by atoms with van der Waals surface area (Å²) < 4.78 is 10.4. The quantitative estimate of drug-likeness (QED) is 0.580. The summed E-state index contributed by atoms with van der Waals surface area (Å²) in [6, 6.07) is 5.21. The Morgan fingerprint density at radius 1 is 1.67 bits per heavy atom. The monoisotopic (exact) mass is 313 g/mol. The van der Waals surface area contributed by atoms with Gasteiger partial charge in [-0.1, -0.05) is 11.6 Å². The number of hydrogen-bond acceptors (Lipinski definition) is 4. The van der Waals surface area contributed by atoms with Crippen LogP contribution >= 0.6 is 11.6 Å². The van der Waals surface area contributed by atoms with Crippen molar-refractivity contribution < 1.29 is 14.6 Å². The average Bonchev–Trinajstić information content (AvgIpc) is 2.77. The first-order valence-electron chi connectivity index (χ1n) is 6.69. The van der Waals surface area contributed by atoms with E-state index < -0.39 is 5.60 Å². The van der Waals surface area contributed by atoms with Gasteiger partial charge in [-0.25, -0.2) is 0 Å². The topological polar surface area (TPSA) is 89.1 Å². The van der Waals surface area contributed by atoms with E-state index in [9.17, 15) is 5.11 Å². The Morgan fingerprint density at radius 3 is 3.00 bits per heavy atom. The molecule has 1 aliphatic rings. The first-order valence-corrected chi connectivity index (χ1v) is 7.07. The van der Waals surface area contributed by atoms with Crippen molar-refractivity contribution in [1.29, 1.82) is 0 Å². The SMILES string of the molecule is COc1ccc(NC(N)=NCC2(O)CCOC2C)cc1Cl. The van der Waals surface area contributed by atoms with Crippen LogP contribution in [0.15, 0.2) is 23.2 Å². The van der Waals surface area contributed by atoms with Crippen LogP contribution in [0.4, 0.5) is 5.69 Å². The summed E-state index contributed by atoms with van der Waals surface area (Å²) in [5.74, 6) is 0.799. The normalized spacial score (nSPS) is 25.9. The van der Waals surface area contributed by atoms with Gasteiger partial charge in [-0.3, -0.25) is 4.99 Å². The maximum Gasteiger partial charge on any atom is 0.193 e. The number of anilines is 1. The van der Waals surface area contributed by atoms with Crippen molar-refractivity contribution in [3.63, 3.8) is 0 Å². The fourth-order valence-electron chi connectivity index (χ4n) is 2.13. The molecule has 0 aliphatic carbocycles. The highest BCUT2D eigenvalue weighted by Gasteiger charge is 2.39. The van der Waals surface area contributed by atoms with E-state index in [4.69, 9.17) is 26.8 Å². The van der Waals surface area contributed by atoms with Crippen molar-refractivity contribution >= 4 is 23.2 Å². The molecule has 1 saturated heterocycles. The molecule has 2 unspecified atom stereocenters. The minimum atomic E-state index is -0.955. The second-order valence-corrected chi connectivity index (χ2v) is 5.45. The molecule has 7 heteroatoms. The lowest BCUT2D eigenvalue weighted by molar-refractivity contribution is -0.0201. The summed E-state index contributed by atoms with van der Waals surface area (Å²) in [6.45, 7) is 2.56. The van der Waals surface area contributed by atoms with Crippen molar-refractivity contribution in [2.75, 3.05) is 25.6 Å². The zero-order valence-electron chi connectivity index (χ0n) is 12.1. The van der Waals surface area contributed by atoms with Crippen LogP contribution in [0, 0.1) is 0 Å². The van der Waals surface area contributed by atoms with E-state index in [2.05, 4.69) is 10.3 Å². The summed E-state index contributed by atoms with van der Waals surface area (Å²) in [7, 11) is 1.55. The van der Waals surface area contributed by atoms with Gasteiger partial charge in [0.2, 0.25) is 0 Å². The molecule has 1 aliphatic heterocycles. The van der Waals surface area contributed by atoms with Crippen LogP contribution in [-0.2, 0) is 4.74 Å². The highest BCUT2D eigenvalue weighted by molar-refractivity contribution is 6.32. The Bertz CT molecular complexity index is 538. The molecule has 0 spiro atoms. The van der Waals surface area contributed by atoms with E-state index in [-0.39, 0.29) is 18.6 Å². The summed E-state index contributed by atoms with van der Waals surface area (Å²) in [4.78, 5) is 4.17. The Morgan fingerprint density at radius 2 is 2.43 bits per heavy atom. The van der Waals surface area contributed by atoms with Gasteiger partial charge in [0.15, 0.2) is 5.96 Å². The molecule has 6 nitrogen and oxygen atoms in total. The third kappa shape index (κ3) is 3.78. The van der Waals surface area contributed by atoms with Crippen molar-refractivity contribution in [1.82, 2.24) is 0 Å². The fourth-order valence-corrected chi connectivity index (χ4v) is 2.39. The van der Waals surface area contributed by atoms with Crippen LogP contribution in [0.2, 0.25) is 5.02 Å². The largest absolute Gasteiger partial charge is 0.495 e. The lowest BCUT2D eigenvalue weighted by Crippen LogP contribution is -2.40. The molecule has 0 bridgehead atoms. The third-order valence-electron chi connectivity index (χ3n) is 3.61. The number of nitrogens with two attached hydrogens (primary N) is 1. The summed E-state index contributed by atoms with van der Waals surface area (Å²) in [5, 5.41) is 13.7. The maximum atomic E-state index is 10.3. The molecule has 4 N–H and O–H groups in total. The average molecular weight is 314 g/mol. The van der Waals surface area contributed by atoms with Gasteiger partial charge >= 0.3 is 0 Å². The number of nitrogens with zero attached hydrogens (tertiary/aromatic N) is 1. The van der Waals surface area contributed by atoms with Gasteiger partial charge in [-0.05, 0) is 25.1 Å². The molecule has 1 aromatic rings. The van der Waals surface area contributed by atoms with Crippen LogP contribution in [0.5, 0.6) is 5.75 Å². The number of ether oxygens (including phenoxy) is 2. The maximum absolute atomic E-state index is 10.3. The van der Waals surface area contributed by atoms with Crippen LogP contribution in [0.1, 0.15) is 13.3 Å². The first-order chi connectivity index (χ1) is 9.94. The summed E-state index contributed by atoms with van der Waals surface area (Å²) in [6.07, 6.45) is 0.309. The first kappa shape index (κ1) is 15.9. The second kappa shape index (κ2) is 6.51. The Hall–Kier alpha value is -1.50. The van der Waals surface area contributed by atoms with Gasteiger partial charge in [-0.2, -0.15) is 0 Å². The Labute approximate surface area is 128 Å². The third-order valence-corrected chi connectivity index (χ3v) is 3.90. The standard InChI is InChI=1S/C14H20ClN3O3/c1-9-14(19,5-6-21-9)8-17-13(16)18-10-3-4-12(20-2)11(15)7-10/h3-4,7,9,19H,5-6,8H2,1-2H3,(H3,16,17,18). The zero-order valence-corrected chi connectivity index (χ0v) is 12.9. The lowest BCUT2D eigenvalue weighted by Gasteiger charge is -2.23. The highest BCUT2D eigenvalue weighted by Crippen LogP contribution is 2.27. The number of halogens is 1. The van der Waals surface area contributed by atoms with Gasteiger partial charge in [0.25, 0.3) is 0 Å². The number of rotatable bonds is 4. The van der Waals surface area contributed by atoms with Gasteiger partial charge in [0.05, 0.1) is 24.8 Å². The van der Waals surface area contributed by atoms with Gasteiger partial charge in [0.1, 0.15) is 11.4 Å². The second-order valence-electron chi connectivity index (χ2n) is 5.04. The number of benzene rings is 1. The van der Waals surface area contributed by atoms with E-state index >= 15 is 0 Å².